The summed E-state index contributed by atoms with van der Waals surface area (Å²) in [6.07, 6.45) is 5.36. The first-order valence-electron chi connectivity index (χ1n) is 11.4. The lowest BCUT2D eigenvalue weighted by atomic mass is 10.2. The van der Waals surface area contributed by atoms with Gasteiger partial charge in [-0.15, -0.1) is 0 Å². The standard InChI is InChI=1S/C27H29NO6/c1-3-5-17-31-21-8-12-23(13-9-21)33-26(29)20-7-16-25(28-19-20)27(30)34-24-14-10-22(11-15-24)32-18-6-4-2/h7-16,19H,3-6,17-18H2,1-2H3. The van der Waals surface area contributed by atoms with E-state index >= 15 is 0 Å². The topological polar surface area (TPSA) is 84.0 Å². The van der Waals surface area contributed by atoms with Gasteiger partial charge in [0, 0.05) is 6.20 Å². The number of aromatic nitrogens is 1. The second-order valence-electron chi connectivity index (χ2n) is 7.56. The van der Waals surface area contributed by atoms with E-state index in [1.54, 1.807) is 48.5 Å². The van der Waals surface area contributed by atoms with E-state index in [2.05, 4.69) is 18.8 Å². The Morgan fingerprint density at radius 3 is 1.56 bits per heavy atom. The van der Waals surface area contributed by atoms with Gasteiger partial charge >= 0.3 is 11.9 Å². The van der Waals surface area contributed by atoms with Crippen LogP contribution < -0.4 is 18.9 Å². The third-order valence-electron chi connectivity index (χ3n) is 4.81. The van der Waals surface area contributed by atoms with Gasteiger partial charge in [0.05, 0.1) is 18.8 Å². The zero-order valence-electron chi connectivity index (χ0n) is 19.5. The zero-order chi connectivity index (χ0) is 24.2. The Morgan fingerprint density at radius 1 is 0.647 bits per heavy atom. The van der Waals surface area contributed by atoms with Crippen LogP contribution in [0.2, 0.25) is 0 Å². The highest BCUT2D eigenvalue weighted by atomic mass is 16.5. The zero-order valence-corrected chi connectivity index (χ0v) is 19.5. The maximum absolute atomic E-state index is 12.4. The fourth-order valence-corrected chi connectivity index (χ4v) is 2.84. The molecule has 7 nitrogen and oxygen atoms in total. The van der Waals surface area contributed by atoms with E-state index in [1.165, 1.54) is 18.3 Å². The molecule has 0 saturated heterocycles. The molecule has 0 amide bonds. The van der Waals surface area contributed by atoms with E-state index < -0.39 is 11.9 Å². The lowest BCUT2D eigenvalue weighted by Gasteiger charge is -2.08. The van der Waals surface area contributed by atoms with Gasteiger partial charge < -0.3 is 18.9 Å². The highest BCUT2D eigenvalue weighted by Crippen LogP contribution is 2.20. The van der Waals surface area contributed by atoms with Gasteiger partial charge in [0.1, 0.15) is 28.7 Å². The summed E-state index contributed by atoms with van der Waals surface area (Å²) in [5, 5.41) is 0. The van der Waals surface area contributed by atoms with E-state index in [4.69, 9.17) is 18.9 Å². The van der Waals surface area contributed by atoms with Crippen molar-refractivity contribution in [2.75, 3.05) is 13.2 Å². The number of benzene rings is 2. The molecule has 3 rings (SSSR count). The molecule has 7 heteroatoms. The average molecular weight is 464 g/mol. The van der Waals surface area contributed by atoms with Crippen LogP contribution in [0.25, 0.3) is 0 Å². The van der Waals surface area contributed by atoms with Crippen LogP contribution in [0, 0.1) is 0 Å². The molecule has 0 unspecified atom stereocenters. The SMILES string of the molecule is CCCCOc1ccc(OC(=O)c2ccc(C(=O)Oc3ccc(OCCCC)cc3)nc2)cc1. The molecule has 0 fully saturated rings. The van der Waals surface area contributed by atoms with E-state index in [-0.39, 0.29) is 11.3 Å². The molecule has 3 aromatic rings. The van der Waals surface area contributed by atoms with Crippen LogP contribution in [0.15, 0.2) is 66.9 Å². The van der Waals surface area contributed by atoms with Gasteiger partial charge in [-0.05, 0) is 73.5 Å². The van der Waals surface area contributed by atoms with Gasteiger partial charge in [-0.3, -0.25) is 0 Å². The molecule has 0 spiro atoms. The minimum Gasteiger partial charge on any atom is -0.494 e. The maximum Gasteiger partial charge on any atom is 0.362 e. The Hall–Kier alpha value is -3.87. The van der Waals surface area contributed by atoms with Crippen LogP contribution in [0.5, 0.6) is 23.0 Å². The molecule has 34 heavy (non-hydrogen) atoms. The van der Waals surface area contributed by atoms with Gasteiger partial charge in [-0.25, -0.2) is 14.6 Å². The number of esters is 2. The first-order chi connectivity index (χ1) is 16.6. The fourth-order valence-electron chi connectivity index (χ4n) is 2.84. The quantitative estimate of drug-likeness (QED) is 0.188. The summed E-state index contributed by atoms with van der Waals surface area (Å²) in [7, 11) is 0. The maximum atomic E-state index is 12.4. The highest BCUT2D eigenvalue weighted by Gasteiger charge is 2.14. The average Bonchev–Trinajstić information content (AvgIpc) is 2.86. The van der Waals surface area contributed by atoms with Crippen LogP contribution in [0.4, 0.5) is 0 Å². The second-order valence-corrected chi connectivity index (χ2v) is 7.56. The summed E-state index contributed by atoms with van der Waals surface area (Å²) in [5.41, 5.74) is 0.293. The minimum atomic E-state index is -0.627. The lowest BCUT2D eigenvalue weighted by molar-refractivity contribution is 0.0715. The molecule has 1 aromatic heterocycles. The van der Waals surface area contributed by atoms with Crippen molar-refractivity contribution in [1.82, 2.24) is 4.98 Å². The van der Waals surface area contributed by atoms with Crippen LogP contribution in [-0.4, -0.2) is 30.1 Å². The molecule has 0 bridgehead atoms. The smallest absolute Gasteiger partial charge is 0.362 e. The number of nitrogens with zero attached hydrogens (tertiary/aromatic N) is 1. The first kappa shape index (κ1) is 24.8. The number of carbonyl (C=O) groups is 2. The summed E-state index contributed by atoms with van der Waals surface area (Å²) >= 11 is 0. The molecule has 2 aromatic carbocycles. The minimum absolute atomic E-state index is 0.0772. The van der Waals surface area contributed by atoms with Crippen LogP contribution in [0.1, 0.15) is 60.4 Å². The van der Waals surface area contributed by atoms with Crippen molar-refractivity contribution in [3.63, 3.8) is 0 Å². The third kappa shape index (κ3) is 7.62. The molecule has 0 saturated carbocycles. The van der Waals surface area contributed by atoms with Crippen LogP contribution >= 0.6 is 0 Å². The number of ether oxygens (including phenoxy) is 4. The first-order valence-corrected chi connectivity index (χ1v) is 11.4. The summed E-state index contributed by atoms with van der Waals surface area (Å²) in [6, 6.07) is 16.5. The van der Waals surface area contributed by atoms with Gasteiger partial charge in [0.2, 0.25) is 0 Å². The van der Waals surface area contributed by atoms with Crippen molar-refractivity contribution in [3.05, 3.63) is 78.1 Å². The predicted octanol–water partition coefficient (Wildman–Crippen LogP) is 5.88. The molecule has 1 heterocycles. The van der Waals surface area contributed by atoms with Crippen molar-refractivity contribution < 1.29 is 28.5 Å². The molecule has 0 aliphatic rings. The van der Waals surface area contributed by atoms with Gasteiger partial charge in [0.25, 0.3) is 0 Å². The van der Waals surface area contributed by atoms with E-state index in [9.17, 15) is 9.59 Å². The fraction of sp³-hybridized carbons (Fsp3) is 0.296. The van der Waals surface area contributed by atoms with Crippen molar-refractivity contribution in [2.45, 2.75) is 39.5 Å². The summed E-state index contributed by atoms with van der Waals surface area (Å²) in [6.45, 7) is 5.49. The van der Waals surface area contributed by atoms with Crippen molar-refractivity contribution in [3.8, 4) is 23.0 Å². The van der Waals surface area contributed by atoms with Gasteiger partial charge in [0.15, 0.2) is 0 Å². The number of pyridine rings is 1. The Morgan fingerprint density at radius 2 is 1.12 bits per heavy atom. The number of hydrogen-bond acceptors (Lipinski definition) is 7. The summed E-state index contributed by atoms with van der Waals surface area (Å²) in [5.74, 6) is 0.993. The highest BCUT2D eigenvalue weighted by molar-refractivity contribution is 5.93. The second kappa shape index (κ2) is 13.0. The lowest BCUT2D eigenvalue weighted by Crippen LogP contribution is -2.13. The van der Waals surface area contributed by atoms with Gasteiger partial charge in [-0.2, -0.15) is 0 Å². The Balaban J connectivity index is 1.51. The monoisotopic (exact) mass is 463 g/mol. The Bertz CT molecular complexity index is 959. The third-order valence-corrected chi connectivity index (χ3v) is 4.81. The number of rotatable bonds is 12. The molecule has 0 aliphatic carbocycles. The molecule has 0 radical (unpaired) electrons. The van der Waals surface area contributed by atoms with E-state index in [0.29, 0.717) is 30.5 Å². The molecule has 0 N–H and O–H groups in total. The molecular formula is C27H29NO6. The van der Waals surface area contributed by atoms with E-state index in [1.807, 2.05) is 0 Å². The van der Waals surface area contributed by atoms with Crippen molar-refractivity contribution >= 4 is 11.9 Å². The Kier molecular flexibility index (Phi) is 9.46. The van der Waals surface area contributed by atoms with E-state index in [0.717, 1.165) is 31.4 Å². The number of carbonyl (C=O) groups excluding carboxylic acids is 2. The molecule has 0 aliphatic heterocycles. The largest absolute Gasteiger partial charge is 0.494 e. The van der Waals surface area contributed by atoms with Crippen molar-refractivity contribution in [2.24, 2.45) is 0 Å². The summed E-state index contributed by atoms with van der Waals surface area (Å²) < 4.78 is 21.9. The van der Waals surface area contributed by atoms with Crippen LogP contribution in [0.3, 0.4) is 0 Å². The van der Waals surface area contributed by atoms with Gasteiger partial charge in [-0.1, -0.05) is 26.7 Å². The van der Waals surface area contributed by atoms with Crippen LogP contribution in [-0.2, 0) is 0 Å². The number of unbranched alkanes of at least 4 members (excludes halogenated alkanes) is 2. The predicted molar refractivity (Wildman–Crippen MR) is 128 cm³/mol. The number of hydrogen-bond donors (Lipinski definition) is 0. The molecule has 0 atom stereocenters. The molecular weight excluding hydrogens is 434 g/mol. The van der Waals surface area contributed by atoms with Crippen molar-refractivity contribution in [1.29, 1.82) is 0 Å². The molecule has 178 valence electrons. The normalized spacial score (nSPS) is 10.4. The summed E-state index contributed by atoms with van der Waals surface area (Å²) in [4.78, 5) is 28.8. The Labute approximate surface area is 199 Å².